The number of esters is 1. The maximum absolute atomic E-state index is 14.3. The first-order chi connectivity index (χ1) is 17.7. The quantitative estimate of drug-likeness (QED) is 0.240. The van der Waals surface area contributed by atoms with Crippen LogP contribution in [0.5, 0.6) is 0 Å². The molecule has 1 aromatic rings. The average Bonchev–Trinajstić information content (AvgIpc) is 3.44. The second kappa shape index (κ2) is 11.2. The SMILES string of the molecule is C=CCCCCOC(=O)[C@@H]1[C@H]2C(=O)N(CCO)C(C(=O)N(CC=C)c3ccc(Cl)cc3)C23CC[C@@]1(C)S3. The number of β-amino-alcohol motifs (C(OH)–C–C–N with tert-alkyl or cyclic N) is 1. The summed E-state index contributed by atoms with van der Waals surface area (Å²) in [6.45, 7) is 9.83. The molecule has 3 aliphatic rings. The topological polar surface area (TPSA) is 87.1 Å². The summed E-state index contributed by atoms with van der Waals surface area (Å²) >= 11 is 7.66. The van der Waals surface area contributed by atoms with Crippen LogP contribution in [0.2, 0.25) is 5.02 Å². The molecule has 4 rings (SSSR count). The van der Waals surface area contributed by atoms with Gasteiger partial charge in [-0.25, -0.2) is 0 Å². The lowest BCUT2D eigenvalue weighted by molar-refractivity contribution is -0.155. The van der Waals surface area contributed by atoms with Gasteiger partial charge in [0.15, 0.2) is 0 Å². The number of carbonyl (C=O) groups is 3. The fraction of sp³-hybridized carbons (Fsp3) is 0.536. The molecule has 0 radical (unpaired) electrons. The number of halogens is 1. The Kier molecular flexibility index (Phi) is 8.41. The zero-order valence-electron chi connectivity index (χ0n) is 21.2. The lowest BCUT2D eigenvalue weighted by atomic mass is 9.66. The highest BCUT2D eigenvalue weighted by Crippen LogP contribution is 2.71. The number of aliphatic hydroxyl groups excluding tert-OH is 1. The van der Waals surface area contributed by atoms with Gasteiger partial charge in [0.25, 0.3) is 5.91 Å². The van der Waals surface area contributed by atoms with Gasteiger partial charge in [-0.05, 0) is 63.3 Å². The molecule has 9 heteroatoms. The summed E-state index contributed by atoms with van der Waals surface area (Å²) in [5.41, 5.74) is 0.643. The van der Waals surface area contributed by atoms with E-state index in [1.807, 2.05) is 13.0 Å². The van der Waals surface area contributed by atoms with E-state index in [2.05, 4.69) is 13.2 Å². The van der Waals surface area contributed by atoms with Crippen molar-refractivity contribution in [3.8, 4) is 0 Å². The van der Waals surface area contributed by atoms with Crippen molar-refractivity contribution in [2.75, 3.05) is 31.2 Å². The highest BCUT2D eigenvalue weighted by Gasteiger charge is 2.77. The Morgan fingerprint density at radius 1 is 1.24 bits per heavy atom. The van der Waals surface area contributed by atoms with Crippen LogP contribution in [0.3, 0.4) is 0 Å². The smallest absolute Gasteiger partial charge is 0.311 e. The number of nitrogens with zero attached hydrogens (tertiary/aromatic N) is 2. The Balaban J connectivity index is 1.67. The predicted octanol–water partition coefficient (Wildman–Crippen LogP) is 4.23. The van der Waals surface area contributed by atoms with Crippen LogP contribution in [0.15, 0.2) is 49.6 Å². The first kappa shape index (κ1) is 27.7. The van der Waals surface area contributed by atoms with E-state index >= 15 is 0 Å². The molecule has 3 saturated heterocycles. The molecule has 0 aromatic heterocycles. The Bertz CT molecular complexity index is 1070. The van der Waals surface area contributed by atoms with Crippen LogP contribution in [-0.2, 0) is 19.1 Å². The molecule has 2 amide bonds. The number of ether oxygens (including phenoxy) is 1. The minimum absolute atomic E-state index is 0.0244. The van der Waals surface area contributed by atoms with E-state index in [9.17, 15) is 19.5 Å². The average molecular weight is 547 g/mol. The number of thioether (sulfide) groups is 1. The molecule has 3 heterocycles. The van der Waals surface area contributed by atoms with Gasteiger partial charge in [0.05, 0.1) is 29.8 Å². The van der Waals surface area contributed by atoms with Gasteiger partial charge in [0.2, 0.25) is 5.91 Å². The van der Waals surface area contributed by atoms with Crippen molar-refractivity contribution >= 4 is 46.8 Å². The Hall–Kier alpha value is -2.29. The molecule has 5 atom stereocenters. The summed E-state index contributed by atoms with van der Waals surface area (Å²) in [6, 6.07) is 6.14. The van der Waals surface area contributed by atoms with Crippen molar-refractivity contribution in [1.82, 2.24) is 4.90 Å². The molecule has 1 N–H and O–H groups in total. The number of rotatable bonds is 12. The van der Waals surface area contributed by atoms with E-state index in [0.29, 0.717) is 30.2 Å². The number of likely N-dealkylation sites (tertiary alicyclic amines) is 1. The maximum Gasteiger partial charge on any atom is 0.311 e. The molecular formula is C28H35ClN2O5S. The third-order valence-electron chi connectivity index (χ3n) is 7.87. The minimum Gasteiger partial charge on any atom is -0.465 e. The number of aliphatic hydroxyl groups is 1. The number of hydrogen-bond donors (Lipinski definition) is 1. The minimum atomic E-state index is -0.815. The van der Waals surface area contributed by atoms with E-state index in [0.717, 1.165) is 19.3 Å². The molecule has 3 aliphatic heterocycles. The van der Waals surface area contributed by atoms with Crippen LogP contribution < -0.4 is 4.90 Å². The molecule has 2 bridgehead atoms. The first-order valence-electron chi connectivity index (χ1n) is 12.8. The summed E-state index contributed by atoms with van der Waals surface area (Å²) in [6.07, 6.45) is 7.28. The monoisotopic (exact) mass is 546 g/mol. The van der Waals surface area contributed by atoms with Crippen molar-refractivity contribution < 1.29 is 24.2 Å². The summed E-state index contributed by atoms with van der Waals surface area (Å²) in [7, 11) is 0. The summed E-state index contributed by atoms with van der Waals surface area (Å²) in [4.78, 5) is 44.6. The molecule has 37 heavy (non-hydrogen) atoms. The second-order valence-electron chi connectivity index (χ2n) is 10.1. The number of benzene rings is 1. The van der Waals surface area contributed by atoms with Gasteiger partial charge in [-0.2, -0.15) is 0 Å². The number of hydrogen-bond acceptors (Lipinski definition) is 6. The lowest BCUT2D eigenvalue weighted by Crippen LogP contribution is -2.55. The van der Waals surface area contributed by atoms with E-state index < -0.39 is 27.4 Å². The van der Waals surface area contributed by atoms with E-state index in [1.165, 1.54) is 4.90 Å². The molecular weight excluding hydrogens is 512 g/mol. The fourth-order valence-electron chi connectivity index (χ4n) is 6.28. The normalized spacial score (nSPS) is 29.8. The summed E-state index contributed by atoms with van der Waals surface area (Å²) in [5.74, 6) is -2.19. The fourth-order valence-corrected chi connectivity index (χ4v) is 8.75. The van der Waals surface area contributed by atoms with E-state index in [1.54, 1.807) is 47.0 Å². The largest absolute Gasteiger partial charge is 0.465 e. The van der Waals surface area contributed by atoms with Crippen molar-refractivity contribution in [3.05, 3.63) is 54.6 Å². The molecule has 0 saturated carbocycles. The molecule has 7 nitrogen and oxygen atoms in total. The number of anilines is 1. The third kappa shape index (κ3) is 4.84. The van der Waals surface area contributed by atoms with Crippen LogP contribution in [0.25, 0.3) is 0 Å². The Morgan fingerprint density at radius 3 is 2.62 bits per heavy atom. The number of allylic oxidation sites excluding steroid dienone is 1. The van der Waals surface area contributed by atoms with Crippen LogP contribution in [0.1, 0.15) is 39.0 Å². The van der Waals surface area contributed by atoms with Gasteiger partial charge < -0.3 is 19.6 Å². The zero-order valence-corrected chi connectivity index (χ0v) is 22.8. The molecule has 1 aromatic carbocycles. The number of amides is 2. The Labute approximate surface area is 227 Å². The molecule has 2 unspecified atom stereocenters. The zero-order chi connectivity index (χ0) is 26.8. The van der Waals surface area contributed by atoms with Crippen LogP contribution in [0.4, 0.5) is 5.69 Å². The molecule has 1 spiro atoms. The van der Waals surface area contributed by atoms with Gasteiger partial charge in [0, 0.05) is 28.5 Å². The van der Waals surface area contributed by atoms with Crippen molar-refractivity contribution in [2.24, 2.45) is 11.8 Å². The Morgan fingerprint density at radius 2 is 1.97 bits per heavy atom. The third-order valence-corrected chi connectivity index (χ3v) is 10.1. The van der Waals surface area contributed by atoms with Crippen molar-refractivity contribution in [3.63, 3.8) is 0 Å². The van der Waals surface area contributed by atoms with Gasteiger partial charge in [-0.15, -0.1) is 24.9 Å². The highest BCUT2D eigenvalue weighted by atomic mass is 35.5. The molecule has 0 aliphatic carbocycles. The highest BCUT2D eigenvalue weighted by molar-refractivity contribution is 8.02. The van der Waals surface area contributed by atoms with Crippen LogP contribution in [0, 0.1) is 11.8 Å². The van der Waals surface area contributed by atoms with E-state index in [4.69, 9.17) is 16.3 Å². The summed E-state index contributed by atoms with van der Waals surface area (Å²) in [5, 5.41) is 10.4. The van der Waals surface area contributed by atoms with Crippen molar-refractivity contribution in [2.45, 2.75) is 54.6 Å². The van der Waals surface area contributed by atoms with Gasteiger partial charge in [-0.3, -0.25) is 14.4 Å². The van der Waals surface area contributed by atoms with Crippen LogP contribution in [-0.4, -0.2) is 69.6 Å². The maximum atomic E-state index is 14.3. The van der Waals surface area contributed by atoms with E-state index in [-0.39, 0.29) is 37.5 Å². The first-order valence-corrected chi connectivity index (χ1v) is 14.0. The van der Waals surface area contributed by atoms with Gasteiger partial charge >= 0.3 is 5.97 Å². The summed E-state index contributed by atoms with van der Waals surface area (Å²) < 4.78 is 4.41. The predicted molar refractivity (Wildman–Crippen MR) is 147 cm³/mol. The number of carbonyl (C=O) groups excluding carboxylic acids is 3. The number of fused-ring (bicyclic) bond motifs is 1. The van der Waals surface area contributed by atoms with Crippen LogP contribution >= 0.6 is 23.4 Å². The van der Waals surface area contributed by atoms with Gasteiger partial charge in [0.1, 0.15) is 6.04 Å². The van der Waals surface area contributed by atoms with Crippen molar-refractivity contribution in [1.29, 1.82) is 0 Å². The molecule has 200 valence electrons. The lowest BCUT2D eigenvalue weighted by Gasteiger charge is -2.37. The molecule has 3 fully saturated rings. The second-order valence-corrected chi connectivity index (χ2v) is 12.5. The van der Waals surface area contributed by atoms with Gasteiger partial charge in [-0.1, -0.05) is 23.8 Å². The standard InChI is InChI=1S/C28H35ClN2O5S/c1-4-6-7-8-18-36-26(35)22-21-24(33)31(16-17-32)23(28(21)14-13-27(22,3)37-28)25(34)30(15-5-2)20-11-9-19(29)10-12-20/h4-5,9-12,21-23,32H,1-2,6-8,13-18H2,3H3/t21-,22-,23?,27+,28?/m0/s1. The number of unbranched alkanes of at least 4 members (excludes halogenated alkanes) is 2.